The van der Waals surface area contributed by atoms with Gasteiger partial charge in [-0.2, -0.15) is 0 Å². The van der Waals surface area contributed by atoms with Crippen LogP contribution in [0.15, 0.2) is 11.8 Å². The lowest BCUT2D eigenvalue weighted by atomic mass is 10.3. The molecule has 0 bridgehead atoms. The molecule has 0 saturated heterocycles. The second kappa shape index (κ2) is 7.17. The Labute approximate surface area is 90.0 Å². The first-order valence-electron chi connectivity index (χ1n) is 5.12. The molecule has 0 aromatic carbocycles. The van der Waals surface area contributed by atoms with Gasteiger partial charge in [-0.25, -0.2) is 0 Å². The minimum absolute atomic E-state index is 0.280. The summed E-state index contributed by atoms with van der Waals surface area (Å²) in [7, 11) is 3.04. The van der Waals surface area contributed by atoms with Gasteiger partial charge in [-0.15, -0.1) is 0 Å². The van der Waals surface area contributed by atoms with E-state index in [0.29, 0.717) is 0 Å². The summed E-state index contributed by atoms with van der Waals surface area (Å²) in [5, 5.41) is 0. The van der Waals surface area contributed by atoms with E-state index in [1.54, 1.807) is 14.2 Å². The van der Waals surface area contributed by atoms with E-state index >= 15 is 0 Å². The largest absolute Gasteiger partial charge is 0.350 e. The Morgan fingerprint density at radius 2 is 1.71 bits per heavy atom. The summed E-state index contributed by atoms with van der Waals surface area (Å²) in [6.45, 7) is 8.56. The molecule has 0 N–H and O–H groups in total. The first-order chi connectivity index (χ1) is 6.61. The standard InChI is InChI=1S/C10H23NO2Si/c1-6-11(7-2)14-9-8-10(3,12-4)13-5/h8-9H,6-7,14H2,1-5H3. The van der Waals surface area contributed by atoms with Crippen molar-refractivity contribution < 1.29 is 9.47 Å². The summed E-state index contributed by atoms with van der Waals surface area (Å²) < 4.78 is 12.9. The van der Waals surface area contributed by atoms with Gasteiger partial charge in [-0.3, -0.25) is 0 Å². The minimum atomic E-state index is -0.555. The second-order valence-electron chi connectivity index (χ2n) is 3.31. The van der Waals surface area contributed by atoms with Crippen molar-refractivity contribution in [1.82, 2.24) is 4.57 Å². The second-order valence-corrected chi connectivity index (χ2v) is 5.04. The molecule has 0 aliphatic heterocycles. The molecule has 0 amide bonds. The maximum atomic E-state index is 5.23. The van der Waals surface area contributed by atoms with E-state index in [1.165, 1.54) is 0 Å². The van der Waals surface area contributed by atoms with Gasteiger partial charge in [-0.05, 0) is 26.1 Å². The Morgan fingerprint density at radius 3 is 2.07 bits per heavy atom. The summed E-state index contributed by atoms with van der Waals surface area (Å²) in [6, 6.07) is 0. The van der Waals surface area contributed by atoms with Crippen LogP contribution in [-0.2, 0) is 9.47 Å². The minimum Gasteiger partial charge on any atom is -0.350 e. The lowest BCUT2D eigenvalue weighted by molar-refractivity contribution is -0.155. The van der Waals surface area contributed by atoms with Gasteiger partial charge in [0.1, 0.15) is 9.68 Å². The zero-order valence-electron chi connectivity index (χ0n) is 10.0. The summed E-state index contributed by atoms with van der Waals surface area (Å²) in [6.07, 6.45) is 2.01. The van der Waals surface area contributed by atoms with E-state index < -0.39 is 5.79 Å². The van der Waals surface area contributed by atoms with Crippen LogP contribution in [0.1, 0.15) is 20.8 Å². The molecule has 0 spiro atoms. The van der Waals surface area contributed by atoms with E-state index in [1.807, 2.05) is 13.0 Å². The first kappa shape index (κ1) is 13.8. The van der Waals surface area contributed by atoms with E-state index in [0.717, 1.165) is 13.1 Å². The highest BCUT2D eigenvalue weighted by Gasteiger charge is 2.17. The van der Waals surface area contributed by atoms with Crippen LogP contribution in [0.25, 0.3) is 0 Å². The molecule has 0 atom stereocenters. The molecule has 3 nitrogen and oxygen atoms in total. The number of ether oxygens (including phenoxy) is 2. The molecule has 14 heavy (non-hydrogen) atoms. The van der Waals surface area contributed by atoms with Gasteiger partial charge in [0.05, 0.1) is 0 Å². The third kappa shape index (κ3) is 4.90. The molecule has 0 unspecified atom stereocenters. The molecular weight excluding hydrogens is 194 g/mol. The molecule has 0 aromatic heterocycles. The lowest BCUT2D eigenvalue weighted by Crippen LogP contribution is -2.29. The fourth-order valence-corrected chi connectivity index (χ4v) is 2.47. The number of hydrogen-bond donors (Lipinski definition) is 0. The molecule has 4 heteroatoms. The van der Waals surface area contributed by atoms with E-state index in [-0.39, 0.29) is 9.68 Å². The Balaban J connectivity index is 4.02. The van der Waals surface area contributed by atoms with Gasteiger partial charge in [0, 0.05) is 14.2 Å². The van der Waals surface area contributed by atoms with Gasteiger partial charge >= 0.3 is 0 Å². The van der Waals surface area contributed by atoms with Crippen molar-refractivity contribution in [2.75, 3.05) is 27.3 Å². The highest BCUT2D eigenvalue weighted by molar-refractivity contribution is 6.38. The van der Waals surface area contributed by atoms with Crippen molar-refractivity contribution in [3.05, 3.63) is 11.8 Å². The molecule has 0 aliphatic carbocycles. The topological polar surface area (TPSA) is 21.7 Å². The summed E-state index contributed by atoms with van der Waals surface area (Å²) >= 11 is 0. The zero-order valence-corrected chi connectivity index (χ0v) is 11.5. The van der Waals surface area contributed by atoms with E-state index in [4.69, 9.17) is 9.47 Å². The van der Waals surface area contributed by atoms with Crippen LogP contribution in [0.2, 0.25) is 0 Å². The highest BCUT2D eigenvalue weighted by Crippen LogP contribution is 2.10. The quantitative estimate of drug-likeness (QED) is 0.468. The predicted octanol–water partition coefficient (Wildman–Crippen LogP) is 0.935. The van der Waals surface area contributed by atoms with Crippen LogP contribution in [0, 0.1) is 0 Å². The van der Waals surface area contributed by atoms with Crippen molar-refractivity contribution in [3.63, 3.8) is 0 Å². The number of rotatable bonds is 7. The first-order valence-corrected chi connectivity index (χ1v) is 6.57. The van der Waals surface area contributed by atoms with Crippen LogP contribution in [0.5, 0.6) is 0 Å². The van der Waals surface area contributed by atoms with Crippen LogP contribution in [-0.4, -0.2) is 47.3 Å². The third-order valence-electron chi connectivity index (χ3n) is 2.49. The third-order valence-corrected chi connectivity index (χ3v) is 4.35. The molecule has 0 aromatic rings. The zero-order chi connectivity index (χ0) is 11.0. The SMILES string of the molecule is CCN(CC)[SiH2]C=CC(C)(OC)OC. The van der Waals surface area contributed by atoms with Crippen LogP contribution in [0.3, 0.4) is 0 Å². The van der Waals surface area contributed by atoms with Gasteiger partial charge in [0.25, 0.3) is 0 Å². The maximum absolute atomic E-state index is 5.23. The lowest BCUT2D eigenvalue weighted by Gasteiger charge is -2.23. The fraction of sp³-hybridized carbons (Fsp3) is 0.800. The Kier molecular flexibility index (Phi) is 7.09. The van der Waals surface area contributed by atoms with Crippen LogP contribution < -0.4 is 0 Å². The van der Waals surface area contributed by atoms with Crippen molar-refractivity contribution >= 4 is 9.68 Å². The van der Waals surface area contributed by atoms with Crippen LogP contribution in [0.4, 0.5) is 0 Å². The molecule has 0 heterocycles. The maximum Gasteiger partial charge on any atom is 0.183 e. The van der Waals surface area contributed by atoms with Gasteiger partial charge < -0.3 is 14.0 Å². The molecular formula is C10H23NO2Si. The van der Waals surface area contributed by atoms with Crippen LogP contribution >= 0.6 is 0 Å². The molecule has 0 rings (SSSR count). The average molecular weight is 217 g/mol. The fourth-order valence-electron chi connectivity index (χ4n) is 1.12. The molecule has 0 radical (unpaired) electrons. The summed E-state index contributed by atoms with van der Waals surface area (Å²) in [4.78, 5) is 0. The number of nitrogens with zero attached hydrogens (tertiary/aromatic N) is 1. The monoisotopic (exact) mass is 217 g/mol. The van der Waals surface area contributed by atoms with Crippen molar-refractivity contribution in [1.29, 1.82) is 0 Å². The van der Waals surface area contributed by atoms with E-state index in [9.17, 15) is 0 Å². The smallest absolute Gasteiger partial charge is 0.183 e. The Morgan fingerprint density at radius 1 is 1.21 bits per heavy atom. The molecule has 84 valence electrons. The van der Waals surface area contributed by atoms with Gasteiger partial charge in [0.2, 0.25) is 0 Å². The Bertz CT molecular complexity index is 166. The average Bonchev–Trinajstić information content (AvgIpc) is 2.24. The predicted molar refractivity (Wildman–Crippen MR) is 63.0 cm³/mol. The normalized spacial score (nSPS) is 13.9. The van der Waals surface area contributed by atoms with Crippen molar-refractivity contribution in [3.8, 4) is 0 Å². The van der Waals surface area contributed by atoms with Crippen molar-refractivity contribution in [2.45, 2.75) is 26.6 Å². The van der Waals surface area contributed by atoms with Gasteiger partial charge in [-0.1, -0.05) is 19.5 Å². The summed E-state index contributed by atoms with van der Waals surface area (Å²) in [5.41, 5.74) is 2.22. The van der Waals surface area contributed by atoms with Crippen molar-refractivity contribution in [2.24, 2.45) is 0 Å². The highest BCUT2D eigenvalue weighted by atomic mass is 28.2. The summed E-state index contributed by atoms with van der Waals surface area (Å²) in [5.74, 6) is -0.555. The van der Waals surface area contributed by atoms with E-state index in [2.05, 4.69) is 24.1 Å². The molecule has 0 aliphatic rings. The molecule has 0 fully saturated rings. The molecule has 0 saturated carbocycles. The van der Waals surface area contributed by atoms with Gasteiger partial charge in [0.15, 0.2) is 5.79 Å². The Hall–Kier alpha value is -0.163. The number of methoxy groups -OCH3 is 2. The number of hydrogen-bond acceptors (Lipinski definition) is 3.